The van der Waals surface area contributed by atoms with Crippen LogP contribution in [0.1, 0.15) is 0 Å². The molecule has 1 aromatic heterocycles. The van der Waals surface area contributed by atoms with Gasteiger partial charge in [0.1, 0.15) is 5.69 Å². The van der Waals surface area contributed by atoms with Gasteiger partial charge in [-0.05, 0) is 24.3 Å². The molecule has 0 aliphatic carbocycles. The first-order valence-corrected chi connectivity index (χ1v) is 12.9. The standard InChI is InChI=1S/C29H22N2O2S2/c32-26(30-24-18-10-11-19-25(24)35-23-16-8-3-9-17-23)20-34-29-31-27(21-12-4-1-5-13-21)28(33-29)22-14-6-2-7-15-22/h1-19H,20H2,(H,30,32). The monoisotopic (exact) mass is 494 g/mol. The van der Waals surface area contributed by atoms with Crippen LogP contribution in [0.2, 0.25) is 0 Å². The number of aromatic nitrogens is 1. The summed E-state index contributed by atoms with van der Waals surface area (Å²) in [4.78, 5) is 19.6. The highest BCUT2D eigenvalue weighted by Crippen LogP contribution is 2.36. The number of benzene rings is 4. The van der Waals surface area contributed by atoms with Gasteiger partial charge in [0.05, 0.1) is 11.4 Å². The molecule has 0 unspecified atom stereocenters. The van der Waals surface area contributed by atoms with Crippen LogP contribution in [0.3, 0.4) is 0 Å². The molecule has 0 radical (unpaired) electrons. The molecule has 1 N–H and O–H groups in total. The second-order valence-corrected chi connectivity index (χ2v) is 9.68. The molecule has 0 spiro atoms. The van der Waals surface area contributed by atoms with Gasteiger partial charge in [0.25, 0.3) is 5.22 Å². The quantitative estimate of drug-likeness (QED) is 0.222. The van der Waals surface area contributed by atoms with Gasteiger partial charge < -0.3 is 9.73 Å². The number of para-hydroxylation sites is 1. The lowest BCUT2D eigenvalue weighted by Gasteiger charge is -2.10. The lowest BCUT2D eigenvalue weighted by atomic mass is 10.1. The zero-order chi connectivity index (χ0) is 23.9. The lowest BCUT2D eigenvalue weighted by molar-refractivity contribution is -0.113. The Hall–Kier alpha value is -3.74. The average molecular weight is 495 g/mol. The van der Waals surface area contributed by atoms with Crippen LogP contribution in [0.15, 0.2) is 135 Å². The van der Waals surface area contributed by atoms with Gasteiger partial charge in [-0.25, -0.2) is 4.98 Å². The van der Waals surface area contributed by atoms with Crippen molar-refractivity contribution < 1.29 is 9.21 Å². The van der Waals surface area contributed by atoms with Gasteiger partial charge in [-0.15, -0.1) is 0 Å². The van der Waals surface area contributed by atoms with Crippen LogP contribution in [-0.4, -0.2) is 16.6 Å². The van der Waals surface area contributed by atoms with Gasteiger partial charge >= 0.3 is 0 Å². The van der Waals surface area contributed by atoms with Crippen LogP contribution in [0.4, 0.5) is 5.69 Å². The molecular weight excluding hydrogens is 472 g/mol. The van der Waals surface area contributed by atoms with E-state index < -0.39 is 0 Å². The maximum Gasteiger partial charge on any atom is 0.257 e. The van der Waals surface area contributed by atoms with E-state index in [0.29, 0.717) is 11.0 Å². The molecule has 0 atom stereocenters. The van der Waals surface area contributed by atoms with E-state index in [2.05, 4.69) is 17.4 Å². The maximum absolute atomic E-state index is 12.8. The molecule has 172 valence electrons. The van der Waals surface area contributed by atoms with Crippen molar-refractivity contribution in [3.63, 3.8) is 0 Å². The van der Waals surface area contributed by atoms with Crippen LogP contribution in [0.5, 0.6) is 0 Å². The van der Waals surface area contributed by atoms with Crippen molar-refractivity contribution in [2.24, 2.45) is 0 Å². The van der Waals surface area contributed by atoms with Crippen LogP contribution in [-0.2, 0) is 4.79 Å². The Balaban J connectivity index is 1.31. The van der Waals surface area contributed by atoms with E-state index in [0.717, 1.165) is 32.3 Å². The molecule has 5 aromatic rings. The lowest BCUT2D eigenvalue weighted by Crippen LogP contribution is -2.14. The third-order valence-electron chi connectivity index (χ3n) is 5.15. The number of carbonyl (C=O) groups excluding carboxylic acids is 1. The average Bonchev–Trinajstić information content (AvgIpc) is 3.35. The van der Waals surface area contributed by atoms with Gasteiger partial charge in [0, 0.05) is 20.9 Å². The molecule has 6 heteroatoms. The predicted molar refractivity (Wildman–Crippen MR) is 144 cm³/mol. The normalized spacial score (nSPS) is 10.7. The van der Waals surface area contributed by atoms with Crippen molar-refractivity contribution in [2.75, 3.05) is 11.1 Å². The highest BCUT2D eigenvalue weighted by atomic mass is 32.2. The topological polar surface area (TPSA) is 55.1 Å². The maximum atomic E-state index is 12.8. The number of carbonyl (C=O) groups is 1. The van der Waals surface area contributed by atoms with Gasteiger partial charge in [-0.1, -0.05) is 115 Å². The largest absolute Gasteiger partial charge is 0.431 e. The minimum absolute atomic E-state index is 0.114. The van der Waals surface area contributed by atoms with Gasteiger partial charge in [-0.3, -0.25) is 4.79 Å². The molecule has 1 amide bonds. The van der Waals surface area contributed by atoms with Gasteiger partial charge in [-0.2, -0.15) is 0 Å². The Labute approximate surface area is 212 Å². The van der Waals surface area contributed by atoms with E-state index in [1.807, 2.05) is 103 Å². The molecule has 0 aliphatic rings. The predicted octanol–water partition coefficient (Wildman–Crippen LogP) is 7.89. The minimum atomic E-state index is -0.114. The summed E-state index contributed by atoms with van der Waals surface area (Å²) in [6.45, 7) is 0. The van der Waals surface area contributed by atoms with Crippen molar-refractivity contribution in [1.82, 2.24) is 4.98 Å². The smallest absolute Gasteiger partial charge is 0.257 e. The highest BCUT2D eigenvalue weighted by Gasteiger charge is 2.18. The number of amides is 1. The Morgan fingerprint density at radius 2 is 1.34 bits per heavy atom. The van der Waals surface area contributed by atoms with Crippen LogP contribution >= 0.6 is 23.5 Å². The molecule has 4 aromatic carbocycles. The molecular formula is C29H22N2O2S2. The number of hydrogen-bond donors (Lipinski definition) is 1. The van der Waals surface area contributed by atoms with Crippen LogP contribution in [0.25, 0.3) is 22.6 Å². The Morgan fingerprint density at radius 1 is 0.743 bits per heavy atom. The Bertz CT molecular complexity index is 1350. The van der Waals surface area contributed by atoms with E-state index >= 15 is 0 Å². The van der Waals surface area contributed by atoms with E-state index in [1.165, 1.54) is 11.8 Å². The first-order valence-electron chi connectivity index (χ1n) is 11.1. The summed E-state index contributed by atoms with van der Waals surface area (Å²) in [5, 5.41) is 3.50. The van der Waals surface area contributed by atoms with E-state index in [9.17, 15) is 4.79 Å². The Morgan fingerprint density at radius 3 is 2.06 bits per heavy atom. The van der Waals surface area contributed by atoms with Crippen molar-refractivity contribution in [3.8, 4) is 22.6 Å². The molecule has 1 heterocycles. The van der Waals surface area contributed by atoms with Gasteiger partial charge in [0.2, 0.25) is 5.91 Å². The second-order valence-electron chi connectivity index (χ2n) is 7.64. The summed E-state index contributed by atoms with van der Waals surface area (Å²) in [7, 11) is 0. The van der Waals surface area contributed by atoms with Crippen molar-refractivity contribution in [2.45, 2.75) is 15.0 Å². The fraction of sp³-hybridized carbons (Fsp3) is 0.0345. The SMILES string of the molecule is O=C(CSc1nc(-c2ccccc2)c(-c2ccccc2)o1)Nc1ccccc1Sc1ccccc1. The number of nitrogens with one attached hydrogen (secondary N) is 1. The third kappa shape index (κ3) is 5.85. The van der Waals surface area contributed by atoms with Crippen molar-refractivity contribution >= 4 is 35.1 Å². The first-order chi connectivity index (χ1) is 17.3. The van der Waals surface area contributed by atoms with E-state index in [-0.39, 0.29) is 11.7 Å². The number of anilines is 1. The summed E-state index contributed by atoms with van der Waals surface area (Å²) in [5.41, 5.74) is 3.47. The van der Waals surface area contributed by atoms with E-state index in [1.54, 1.807) is 11.8 Å². The molecule has 0 bridgehead atoms. The molecule has 0 saturated carbocycles. The second kappa shape index (κ2) is 11.1. The fourth-order valence-electron chi connectivity index (χ4n) is 3.53. The van der Waals surface area contributed by atoms with Gasteiger partial charge in [0.15, 0.2) is 5.76 Å². The number of thioether (sulfide) groups is 1. The molecule has 35 heavy (non-hydrogen) atoms. The van der Waals surface area contributed by atoms with Crippen molar-refractivity contribution in [3.05, 3.63) is 115 Å². The molecule has 0 aliphatic heterocycles. The molecule has 0 saturated heterocycles. The minimum Gasteiger partial charge on any atom is -0.431 e. The number of hydrogen-bond acceptors (Lipinski definition) is 5. The van der Waals surface area contributed by atoms with Crippen molar-refractivity contribution in [1.29, 1.82) is 0 Å². The third-order valence-corrected chi connectivity index (χ3v) is 7.06. The first kappa shape index (κ1) is 23.0. The zero-order valence-corrected chi connectivity index (χ0v) is 20.4. The summed E-state index contributed by atoms with van der Waals surface area (Å²) in [5.74, 6) is 0.772. The summed E-state index contributed by atoms with van der Waals surface area (Å²) < 4.78 is 6.13. The zero-order valence-electron chi connectivity index (χ0n) is 18.8. The van der Waals surface area contributed by atoms with Crippen LogP contribution < -0.4 is 5.32 Å². The summed E-state index contributed by atoms with van der Waals surface area (Å²) in [6.07, 6.45) is 0. The number of nitrogens with zero attached hydrogens (tertiary/aromatic N) is 1. The molecule has 4 nitrogen and oxygen atoms in total. The molecule has 0 fully saturated rings. The summed E-state index contributed by atoms with van der Waals surface area (Å²) >= 11 is 2.90. The fourth-order valence-corrected chi connectivity index (χ4v) is 5.07. The number of rotatable bonds is 8. The summed E-state index contributed by atoms with van der Waals surface area (Å²) in [6, 6.07) is 37.8. The Kier molecular flexibility index (Phi) is 7.32. The van der Waals surface area contributed by atoms with Crippen LogP contribution in [0, 0.1) is 0 Å². The molecule has 5 rings (SSSR count). The van der Waals surface area contributed by atoms with E-state index in [4.69, 9.17) is 9.40 Å². The number of oxazole rings is 1. The highest BCUT2D eigenvalue weighted by molar-refractivity contribution is 8.00.